The summed E-state index contributed by atoms with van der Waals surface area (Å²) < 4.78 is 0. The first-order valence-electron chi connectivity index (χ1n) is 6.18. The quantitative estimate of drug-likeness (QED) is 0.793. The Morgan fingerprint density at radius 1 is 1.65 bits per heavy atom. The summed E-state index contributed by atoms with van der Waals surface area (Å²) in [6.07, 6.45) is 2.39. The van der Waals surface area contributed by atoms with E-state index in [-0.39, 0.29) is 6.03 Å². The number of urea groups is 1. The predicted molar refractivity (Wildman–Crippen MR) is 71.2 cm³/mol. The maximum absolute atomic E-state index is 12.2. The van der Waals surface area contributed by atoms with Crippen LogP contribution in [0.15, 0.2) is 16.8 Å². The van der Waals surface area contributed by atoms with E-state index in [9.17, 15) is 4.79 Å². The second-order valence-electron chi connectivity index (χ2n) is 4.96. The number of carbonyl (C=O) groups is 1. The van der Waals surface area contributed by atoms with Gasteiger partial charge < -0.3 is 9.80 Å². The zero-order valence-corrected chi connectivity index (χ0v) is 11.4. The molecule has 0 aliphatic carbocycles. The minimum absolute atomic E-state index is 0.169. The molecule has 1 aromatic rings. The Morgan fingerprint density at radius 2 is 2.47 bits per heavy atom. The maximum atomic E-state index is 12.2. The Labute approximate surface area is 107 Å². The molecule has 1 aliphatic rings. The number of nitrogens with zero attached hydrogens (tertiary/aromatic N) is 2. The highest BCUT2D eigenvalue weighted by atomic mass is 32.1. The van der Waals surface area contributed by atoms with Gasteiger partial charge in [0.1, 0.15) is 0 Å². The summed E-state index contributed by atoms with van der Waals surface area (Å²) in [5.41, 5.74) is 1.22. The van der Waals surface area contributed by atoms with Gasteiger partial charge in [-0.1, -0.05) is 6.92 Å². The van der Waals surface area contributed by atoms with Crippen molar-refractivity contribution in [3.8, 4) is 0 Å². The fourth-order valence-corrected chi connectivity index (χ4v) is 2.99. The van der Waals surface area contributed by atoms with Crippen LogP contribution >= 0.6 is 11.3 Å². The fourth-order valence-electron chi connectivity index (χ4n) is 2.33. The number of carbonyl (C=O) groups excluding carboxylic acids is 1. The Balaban J connectivity index is 1.90. The lowest BCUT2D eigenvalue weighted by Crippen LogP contribution is -2.45. The molecule has 2 amide bonds. The van der Waals surface area contributed by atoms with Crippen LogP contribution in [-0.4, -0.2) is 36.0 Å². The van der Waals surface area contributed by atoms with Crippen LogP contribution in [0.5, 0.6) is 0 Å². The van der Waals surface area contributed by atoms with E-state index in [1.165, 1.54) is 12.0 Å². The first kappa shape index (κ1) is 12.4. The molecule has 1 aliphatic heterocycles. The molecule has 1 atom stereocenters. The van der Waals surface area contributed by atoms with Crippen LogP contribution in [0.2, 0.25) is 0 Å². The lowest BCUT2D eigenvalue weighted by atomic mass is 10.0. The summed E-state index contributed by atoms with van der Waals surface area (Å²) in [6, 6.07) is 2.25. The zero-order valence-electron chi connectivity index (χ0n) is 10.6. The number of rotatable bonds is 2. The molecule has 3 nitrogen and oxygen atoms in total. The Morgan fingerprint density at radius 3 is 3.12 bits per heavy atom. The lowest BCUT2D eigenvalue weighted by Gasteiger charge is -2.34. The summed E-state index contributed by atoms with van der Waals surface area (Å²) in [7, 11) is 1.89. The van der Waals surface area contributed by atoms with Gasteiger partial charge in [-0.05, 0) is 41.1 Å². The van der Waals surface area contributed by atoms with Gasteiger partial charge in [0.25, 0.3) is 0 Å². The standard InChI is InChI=1S/C13H20N2OS/c1-11-4-3-6-15(8-11)13(16)14(2)9-12-5-7-17-10-12/h5,7,10-11H,3-4,6,8-9H2,1-2H3. The molecule has 17 heavy (non-hydrogen) atoms. The smallest absolute Gasteiger partial charge is 0.320 e. The van der Waals surface area contributed by atoms with Crippen LogP contribution in [0.3, 0.4) is 0 Å². The van der Waals surface area contributed by atoms with Crippen LogP contribution in [0.25, 0.3) is 0 Å². The van der Waals surface area contributed by atoms with Gasteiger partial charge in [0.15, 0.2) is 0 Å². The molecule has 2 rings (SSSR count). The van der Waals surface area contributed by atoms with Crippen molar-refractivity contribution in [1.29, 1.82) is 0 Å². The molecule has 0 radical (unpaired) electrons. The molecule has 0 saturated carbocycles. The van der Waals surface area contributed by atoms with E-state index in [0.29, 0.717) is 12.5 Å². The van der Waals surface area contributed by atoms with Gasteiger partial charge in [0.05, 0.1) is 0 Å². The van der Waals surface area contributed by atoms with Crippen LogP contribution in [0.1, 0.15) is 25.3 Å². The molecule has 0 bridgehead atoms. The molecule has 2 heterocycles. The Kier molecular flexibility index (Phi) is 4.05. The van der Waals surface area contributed by atoms with E-state index >= 15 is 0 Å². The van der Waals surface area contributed by atoms with E-state index in [1.807, 2.05) is 16.8 Å². The van der Waals surface area contributed by atoms with E-state index in [0.717, 1.165) is 19.5 Å². The van der Waals surface area contributed by atoms with E-state index in [4.69, 9.17) is 0 Å². The maximum Gasteiger partial charge on any atom is 0.320 e. The molecule has 1 saturated heterocycles. The predicted octanol–water partition coefficient (Wildman–Crippen LogP) is 3.03. The average Bonchev–Trinajstić information content (AvgIpc) is 2.80. The van der Waals surface area contributed by atoms with E-state index < -0.39 is 0 Å². The van der Waals surface area contributed by atoms with E-state index in [1.54, 1.807) is 11.3 Å². The molecule has 94 valence electrons. The molecule has 0 spiro atoms. The summed E-state index contributed by atoms with van der Waals surface area (Å²) in [5, 5.41) is 4.15. The normalized spacial score (nSPS) is 20.4. The summed E-state index contributed by atoms with van der Waals surface area (Å²) in [6.45, 7) is 4.76. The highest BCUT2D eigenvalue weighted by Crippen LogP contribution is 2.17. The van der Waals surface area contributed by atoms with Crippen molar-refractivity contribution in [3.05, 3.63) is 22.4 Å². The zero-order chi connectivity index (χ0) is 12.3. The van der Waals surface area contributed by atoms with Crippen LogP contribution in [0, 0.1) is 5.92 Å². The third kappa shape index (κ3) is 3.22. The second-order valence-corrected chi connectivity index (χ2v) is 5.74. The molecule has 0 aromatic carbocycles. The largest absolute Gasteiger partial charge is 0.324 e. The molecule has 1 fully saturated rings. The monoisotopic (exact) mass is 252 g/mol. The fraction of sp³-hybridized carbons (Fsp3) is 0.615. The van der Waals surface area contributed by atoms with Gasteiger partial charge in [-0.2, -0.15) is 11.3 Å². The van der Waals surface area contributed by atoms with Crippen molar-refractivity contribution in [2.75, 3.05) is 20.1 Å². The average molecular weight is 252 g/mol. The number of hydrogen-bond acceptors (Lipinski definition) is 2. The van der Waals surface area contributed by atoms with Crippen molar-refractivity contribution in [1.82, 2.24) is 9.80 Å². The van der Waals surface area contributed by atoms with Gasteiger partial charge in [-0.25, -0.2) is 4.79 Å². The van der Waals surface area contributed by atoms with Crippen LogP contribution in [-0.2, 0) is 6.54 Å². The van der Waals surface area contributed by atoms with Gasteiger partial charge in [0, 0.05) is 26.7 Å². The SMILES string of the molecule is CC1CCCN(C(=O)N(C)Cc2ccsc2)C1. The number of likely N-dealkylation sites (tertiary alicyclic amines) is 1. The molecule has 1 aromatic heterocycles. The topological polar surface area (TPSA) is 23.6 Å². The lowest BCUT2D eigenvalue weighted by molar-refractivity contribution is 0.137. The third-order valence-electron chi connectivity index (χ3n) is 3.25. The highest BCUT2D eigenvalue weighted by Gasteiger charge is 2.23. The molecular weight excluding hydrogens is 232 g/mol. The molecule has 4 heteroatoms. The number of thiophene rings is 1. The van der Waals surface area contributed by atoms with Gasteiger partial charge >= 0.3 is 6.03 Å². The van der Waals surface area contributed by atoms with Crippen LogP contribution in [0.4, 0.5) is 4.79 Å². The van der Waals surface area contributed by atoms with Gasteiger partial charge in [0.2, 0.25) is 0 Å². The number of piperidine rings is 1. The van der Waals surface area contributed by atoms with Crippen molar-refractivity contribution in [3.63, 3.8) is 0 Å². The van der Waals surface area contributed by atoms with Crippen molar-refractivity contribution in [2.24, 2.45) is 5.92 Å². The van der Waals surface area contributed by atoms with Crippen molar-refractivity contribution < 1.29 is 4.79 Å². The summed E-state index contributed by atoms with van der Waals surface area (Å²) >= 11 is 1.68. The highest BCUT2D eigenvalue weighted by molar-refractivity contribution is 7.07. The summed E-state index contributed by atoms with van der Waals surface area (Å²) in [4.78, 5) is 16.0. The minimum atomic E-state index is 0.169. The first-order chi connectivity index (χ1) is 8.16. The molecule has 0 N–H and O–H groups in total. The van der Waals surface area contributed by atoms with Crippen LogP contribution < -0.4 is 0 Å². The second kappa shape index (κ2) is 5.54. The minimum Gasteiger partial charge on any atom is -0.324 e. The van der Waals surface area contributed by atoms with Crippen molar-refractivity contribution in [2.45, 2.75) is 26.3 Å². The van der Waals surface area contributed by atoms with Gasteiger partial charge in [-0.3, -0.25) is 0 Å². The molecular formula is C13H20N2OS. The van der Waals surface area contributed by atoms with E-state index in [2.05, 4.69) is 23.8 Å². The number of hydrogen-bond donors (Lipinski definition) is 0. The Bertz CT molecular complexity index is 364. The number of amides is 2. The third-order valence-corrected chi connectivity index (χ3v) is 3.99. The van der Waals surface area contributed by atoms with Crippen molar-refractivity contribution >= 4 is 17.4 Å². The van der Waals surface area contributed by atoms with Gasteiger partial charge in [-0.15, -0.1) is 0 Å². The summed E-state index contributed by atoms with van der Waals surface area (Å²) in [5.74, 6) is 0.641. The Hall–Kier alpha value is -1.03. The first-order valence-corrected chi connectivity index (χ1v) is 7.12. The molecule has 1 unspecified atom stereocenters.